The van der Waals surface area contributed by atoms with Gasteiger partial charge in [0, 0.05) is 11.1 Å². The zero-order chi connectivity index (χ0) is 13.8. The maximum Gasteiger partial charge on any atom is 0.216 e. The number of hydrogen-bond donors (Lipinski definition) is 2. The van der Waals surface area contributed by atoms with Crippen LogP contribution in [-0.2, 0) is 0 Å². The van der Waals surface area contributed by atoms with Crippen LogP contribution in [0.5, 0.6) is 5.88 Å². The molecule has 1 unspecified atom stereocenters. The van der Waals surface area contributed by atoms with Crippen molar-refractivity contribution in [2.24, 2.45) is 5.84 Å². The predicted octanol–water partition coefficient (Wildman–Crippen LogP) is 2.00. The van der Waals surface area contributed by atoms with Crippen LogP contribution < -0.4 is 16.0 Å². The Labute approximate surface area is 116 Å². The van der Waals surface area contributed by atoms with Crippen molar-refractivity contribution in [1.82, 2.24) is 15.4 Å². The summed E-state index contributed by atoms with van der Waals surface area (Å²) in [6.45, 7) is 1.95. The van der Waals surface area contributed by atoms with E-state index in [9.17, 15) is 0 Å². The highest BCUT2D eigenvalue weighted by molar-refractivity contribution is 6.31. The van der Waals surface area contributed by atoms with Gasteiger partial charge in [-0.05, 0) is 24.1 Å². The van der Waals surface area contributed by atoms with Crippen molar-refractivity contribution in [2.45, 2.75) is 13.0 Å². The third kappa shape index (κ3) is 3.01. The highest BCUT2D eigenvalue weighted by Crippen LogP contribution is 2.25. The van der Waals surface area contributed by atoms with Crippen LogP contribution in [0.2, 0.25) is 5.02 Å². The van der Waals surface area contributed by atoms with Crippen molar-refractivity contribution >= 4 is 11.6 Å². The Balaban J connectivity index is 2.40. The minimum atomic E-state index is -0.269. The van der Waals surface area contributed by atoms with Crippen LogP contribution in [0, 0.1) is 6.92 Å². The van der Waals surface area contributed by atoms with Crippen molar-refractivity contribution in [1.29, 1.82) is 0 Å². The SMILES string of the molecule is COc1cc(C(NN)c2ccc(C)c(Cl)c2)ncn1. The summed E-state index contributed by atoms with van der Waals surface area (Å²) in [5.74, 6) is 6.11. The monoisotopic (exact) mass is 278 g/mol. The minimum absolute atomic E-state index is 0.269. The zero-order valence-corrected chi connectivity index (χ0v) is 11.5. The first-order chi connectivity index (χ1) is 9.15. The maximum absolute atomic E-state index is 6.13. The van der Waals surface area contributed by atoms with Gasteiger partial charge in [-0.1, -0.05) is 23.7 Å². The lowest BCUT2D eigenvalue weighted by Crippen LogP contribution is -2.29. The molecular formula is C13H15ClN4O. The summed E-state index contributed by atoms with van der Waals surface area (Å²) in [7, 11) is 1.56. The first kappa shape index (κ1) is 13.7. The van der Waals surface area contributed by atoms with E-state index < -0.39 is 0 Å². The highest BCUT2D eigenvalue weighted by atomic mass is 35.5. The lowest BCUT2D eigenvalue weighted by atomic mass is 10.0. The molecule has 1 atom stereocenters. The first-order valence-corrected chi connectivity index (χ1v) is 6.11. The second kappa shape index (κ2) is 5.97. The molecule has 0 fully saturated rings. The lowest BCUT2D eigenvalue weighted by molar-refractivity contribution is 0.395. The molecule has 100 valence electrons. The molecule has 0 aliphatic rings. The van der Waals surface area contributed by atoms with Crippen LogP contribution in [0.3, 0.4) is 0 Å². The summed E-state index contributed by atoms with van der Waals surface area (Å²) < 4.78 is 5.08. The Bertz CT molecular complexity index is 576. The van der Waals surface area contributed by atoms with E-state index in [0.29, 0.717) is 16.6 Å². The lowest BCUT2D eigenvalue weighted by Gasteiger charge is -2.16. The summed E-state index contributed by atoms with van der Waals surface area (Å²) in [4.78, 5) is 8.18. The molecule has 2 rings (SSSR count). The van der Waals surface area contributed by atoms with Crippen molar-refractivity contribution in [3.8, 4) is 5.88 Å². The number of aryl methyl sites for hydroxylation is 1. The Morgan fingerprint density at radius 2 is 2.11 bits per heavy atom. The fraction of sp³-hybridized carbons (Fsp3) is 0.231. The largest absolute Gasteiger partial charge is 0.481 e. The minimum Gasteiger partial charge on any atom is -0.481 e. The van der Waals surface area contributed by atoms with Gasteiger partial charge in [0.05, 0.1) is 18.8 Å². The van der Waals surface area contributed by atoms with Gasteiger partial charge in [-0.25, -0.2) is 15.4 Å². The Morgan fingerprint density at radius 3 is 2.74 bits per heavy atom. The topological polar surface area (TPSA) is 73.1 Å². The van der Waals surface area contributed by atoms with Gasteiger partial charge in [0.2, 0.25) is 5.88 Å². The van der Waals surface area contributed by atoms with Crippen molar-refractivity contribution < 1.29 is 4.74 Å². The molecule has 1 aromatic heterocycles. The van der Waals surface area contributed by atoms with Crippen LogP contribution in [0.1, 0.15) is 22.9 Å². The fourth-order valence-electron chi connectivity index (χ4n) is 1.76. The number of nitrogens with one attached hydrogen (secondary N) is 1. The van der Waals surface area contributed by atoms with E-state index in [1.54, 1.807) is 13.2 Å². The Morgan fingerprint density at radius 1 is 1.32 bits per heavy atom. The van der Waals surface area contributed by atoms with E-state index in [-0.39, 0.29) is 6.04 Å². The van der Waals surface area contributed by atoms with E-state index in [4.69, 9.17) is 22.2 Å². The Hall–Kier alpha value is -1.69. The molecule has 0 spiro atoms. The number of benzene rings is 1. The number of hydrazine groups is 1. The molecule has 2 aromatic rings. The van der Waals surface area contributed by atoms with Crippen LogP contribution in [0.4, 0.5) is 0 Å². The number of nitrogens with zero attached hydrogens (tertiary/aromatic N) is 2. The zero-order valence-electron chi connectivity index (χ0n) is 10.7. The molecule has 3 N–H and O–H groups in total. The van der Waals surface area contributed by atoms with Gasteiger partial charge in [0.1, 0.15) is 6.33 Å². The van der Waals surface area contributed by atoms with Gasteiger partial charge in [-0.3, -0.25) is 5.84 Å². The van der Waals surface area contributed by atoms with E-state index in [1.807, 2.05) is 25.1 Å². The quantitative estimate of drug-likeness (QED) is 0.661. The molecule has 6 heteroatoms. The van der Waals surface area contributed by atoms with Gasteiger partial charge in [-0.2, -0.15) is 0 Å². The summed E-state index contributed by atoms with van der Waals surface area (Å²) in [5.41, 5.74) is 5.39. The number of nitrogens with two attached hydrogens (primary N) is 1. The smallest absolute Gasteiger partial charge is 0.216 e. The van der Waals surface area contributed by atoms with Crippen molar-refractivity contribution in [3.05, 3.63) is 52.4 Å². The van der Waals surface area contributed by atoms with E-state index in [2.05, 4.69) is 15.4 Å². The van der Waals surface area contributed by atoms with Gasteiger partial charge in [-0.15, -0.1) is 0 Å². The third-order valence-corrected chi connectivity index (χ3v) is 3.27. The number of halogens is 1. The Kier molecular flexibility index (Phi) is 4.31. The standard InChI is InChI=1S/C13H15ClN4O/c1-8-3-4-9(5-10(8)14)13(18-15)11-6-12(19-2)17-7-16-11/h3-7,13,18H,15H2,1-2H3. The normalized spacial score (nSPS) is 12.2. The summed E-state index contributed by atoms with van der Waals surface area (Å²) in [6.07, 6.45) is 1.44. The van der Waals surface area contributed by atoms with Gasteiger partial charge < -0.3 is 4.74 Å². The molecule has 1 heterocycles. The third-order valence-electron chi connectivity index (χ3n) is 2.86. The van der Waals surface area contributed by atoms with Gasteiger partial charge in [0.15, 0.2) is 0 Å². The predicted molar refractivity (Wildman–Crippen MR) is 73.9 cm³/mol. The number of hydrogen-bond acceptors (Lipinski definition) is 5. The second-order valence-corrected chi connectivity index (χ2v) is 4.50. The fourth-order valence-corrected chi connectivity index (χ4v) is 1.95. The van der Waals surface area contributed by atoms with Gasteiger partial charge in [0.25, 0.3) is 0 Å². The van der Waals surface area contributed by atoms with Crippen LogP contribution in [0.15, 0.2) is 30.6 Å². The van der Waals surface area contributed by atoms with Crippen molar-refractivity contribution in [2.75, 3.05) is 7.11 Å². The average Bonchev–Trinajstić information content (AvgIpc) is 2.44. The van der Waals surface area contributed by atoms with E-state index in [1.165, 1.54) is 6.33 Å². The molecular weight excluding hydrogens is 264 g/mol. The molecule has 0 aliphatic carbocycles. The first-order valence-electron chi connectivity index (χ1n) is 5.74. The number of rotatable bonds is 4. The molecule has 0 aliphatic heterocycles. The molecule has 0 saturated carbocycles. The van der Waals surface area contributed by atoms with Crippen LogP contribution in [-0.4, -0.2) is 17.1 Å². The molecule has 0 amide bonds. The summed E-state index contributed by atoms with van der Waals surface area (Å²) >= 11 is 6.13. The molecule has 0 saturated heterocycles. The molecule has 5 nitrogen and oxygen atoms in total. The van der Waals surface area contributed by atoms with Crippen molar-refractivity contribution in [3.63, 3.8) is 0 Å². The number of aromatic nitrogens is 2. The number of ether oxygens (including phenoxy) is 1. The van der Waals surface area contributed by atoms with Crippen LogP contribution >= 0.6 is 11.6 Å². The second-order valence-electron chi connectivity index (χ2n) is 4.09. The van der Waals surface area contributed by atoms with Gasteiger partial charge >= 0.3 is 0 Å². The molecule has 0 radical (unpaired) electrons. The number of methoxy groups -OCH3 is 1. The van der Waals surface area contributed by atoms with Crippen LogP contribution in [0.25, 0.3) is 0 Å². The van der Waals surface area contributed by atoms with E-state index in [0.717, 1.165) is 11.1 Å². The molecule has 19 heavy (non-hydrogen) atoms. The van der Waals surface area contributed by atoms with E-state index >= 15 is 0 Å². The molecule has 1 aromatic carbocycles. The summed E-state index contributed by atoms with van der Waals surface area (Å²) in [6, 6.07) is 7.24. The summed E-state index contributed by atoms with van der Waals surface area (Å²) in [5, 5.41) is 0.693. The average molecular weight is 279 g/mol. The highest BCUT2D eigenvalue weighted by Gasteiger charge is 2.15. The maximum atomic E-state index is 6.13. The molecule has 0 bridgehead atoms.